The first-order valence-corrected chi connectivity index (χ1v) is 4.77. The minimum atomic E-state index is -0.184. The van der Waals surface area contributed by atoms with E-state index < -0.39 is 0 Å². The van der Waals surface area contributed by atoms with Crippen LogP contribution in [0.2, 0.25) is 0 Å². The van der Waals surface area contributed by atoms with Crippen LogP contribution in [0.1, 0.15) is 17.6 Å². The molecule has 0 saturated carbocycles. The number of hydrogen-bond acceptors (Lipinski definition) is 5. The Balaban J connectivity index is 2.34. The third-order valence-corrected chi connectivity index (χ3v) is 2.18. The second-order valence-electron chi connectivity index (χ2n) is 3.17. The lowest BCUT2D eigenvalue weighted by Gasteiger charge is -2.13. The summed E-state index contributed by atoms with van der Waals surface area (Å²) >= 11 is 0. The molecule has 80 valence electrons. The molecule has 0 fully saturated rings. The average Bonchev–Trinajstić information content (AvgIpc) is 2.80. The summed E-state index contributed by atoms with van der Waals surface area (Å²) in [5.74, 6) is 0.134. The Morgan fingerprint density at radius 2 is 2.31 bits per heavy atom. The van der Waals surface area contributed by atoms with E-state index in [1.54, 1.807) is 10.9 Å². The van der Waals surface area contributed by atoms with Crippen molar-refractivity contribution in [3.8, 4) is 6.07 Å². The van der Waals surface area contributed by atoms with Gasteiger partial charge in [-0.15, -0.1) is 5.10 Å². The van der Waals surface area contributed by atoms with Crippen LogP contribution in [0, 0.1) is 11.3 Å². The number of pyridine rings is 1. The third kappa shape index (κ3) is 1.89. The van der Waals surface area contributed by atoms with Crippen molar-refractivity contribution in [3.63, 3.8) is 0 Å². The van der Waals surface area contributed by atoms with Crippen molar-refractivity contribution in [2.75, 3.05) is 6.54 Å². The van der Waals surface area contributed by atoms with E-state index in [1.807, 2.05) is 24.3 Å². The summed E-state index contributed by atoms with van der Waals surface area (Å²) in [6.45, 7) is 0.352. The second kappa shape index (κ2) is 4.51. The fourth-order valence-electron chi connectivity index (χ4n) is 1.41. The lowest BCUT2D eigenvalue weighted by molar-refractivity contribution is 0.517. The van der Waals surface area contributed by atoms with Crippen LogP contribution in [0.5, 0.6) is 0 Å². The number of rotatable bonds is 3. The van der Waals surface area contributed by atoms with Gasteiger partial charge in [0.1, 0.15) is 18.4 Å². The van der Waals surface area contributed by atoms with Gasteiger partial charge in [-0.2, -0.15) is 5.26 Å². The monoisotopic (exact) mass is 214 g/mol. The summed E-state index contributed by atoms with van der Waals surface area (Å²) in [7, 11) is 0. The minimum Gasteiger partial charge on any atom is -0.328 e. The van der Waals surface area contributed by atoms with Gasteiger partial charge in [0.25, 0.3) is 5.82 Å². The van der Waals surface area contributed by atoms with E-state index in [0.717, 1.165) is 5.69 Å². The van der Waals surface area contributed by atoms with Crippen molar-refractivity contribution >= 4 is 0 Å². The van der Waals surface area contributed by atoms with Gasteiger partial charge in [0.15, 0.2) is 0 Å². The summed E-state index contributed by atoms with van der Waals surface area (Å²) < 4.78 is 1.56. The molecule has 2 aromatic rings. The van der Waals surface area contributed by atoms with Crippen molar-refractivity contribution in [1.29, 1.82) is 5.26 Å². The highest BCUT2D eigenvalue weighted by molar-refractivity contribution is 5.12. The molecule has 0 aliphatic rings. The van der Waals surface area contributed by atoms with E-state index in [4.69, 9.17) is 11.0 Å². The maximum absolute atomic E-state index is 8.64. The lowest BCUT2D eigenvalue weighted by atomic mass is 10.2. The number of hydrogen-bond donors (Lipinski definition) is 1. The number of nitrogens with zero attached hydrogens (tertiary/aromatic N) is 5. The Labute approximate surface area is 92.4 Å². The van der Waals surface area contributed by atoms with Crippen LogP contribution < -0.4 is 5.73 Å². The van der Waals surface area contributed by atoms with Crippen molar-refractivity contribution in [2.45, 2.75) is 6.04 Å². The van der Waals surface area contributed by atoms with E-state index in [-0.39, 0.29) is 11.9 Å². The molecule has 1 unspecified atom stereocenters. The summed E-state index contributed by atoms with van der Waals surface area (Å²) in [6.07, 6.45) is 3.19. The van der Waals surface area contributed by atoms with Crippen molar-refractivity contribution < 1.29 is 0 Å². The van der Waals surface area contributed by atoms with Crippen LogP contribution >= 0.6 is 0 Å². The molecular formula is C10H10N6. The molecule has 0 aliphatic heterocycles. The second-order valence-corrected chi connectivity index (χ2v) is 3.17. The largest absolute Gasteiger partial charge is 0.328 e. The van der Waals surface area contributed by atoms with Crippen LogP contribution in [0.4, 0.5) is 0 Å². The van der Waals surface area contributed by atoms with Crippen LogP contribution in [-0.4, -0.2) is 26.3 Å². The standard InChI is InChI=1S/C10H10N6/c11-5-9(8-3-1-2-4-13-8)16-7-14-10(6-12)15-16/h1-4,7,9H,5,11H2. The van der Waals surface area contributed by atoms with Gasteiger partial charge in [-0.3, -0.25) is 4.98 Å². The molecule has 0 aromatic carbocycles. The lowest BCUT2D eigenvalue weighted by Crippen LogP contribution is -2.22. The van der Waals surface area contributed by atoms with E-state index in [1.165, 1.54) is 6.33 Å². The summed E-state index contributed by atoms with van der Waals surface area (Å²) in [5, 5.41) is 12.6. The number of nitrogens with two attached hydrogens (primary N) is 1. The zero-order valence-electron chi connectivity index (χ0n) is 8.48. The number of aromatic nitrogens is 4. The molecule has 16 heavy (non-hydrogen) atoms. The average molecular weight is 214 g/mol. The Morgan fingerprint density at radius 1 is 1.44 bits per heavy atom. The first-order chi connectivity index (χ1) is 7.85. The fourth-order valence-corrected chi connectivity index (χ4v) is 1.41. The molecule has 2 N–H and O–H groups in total. The van der Waals surface area contributed by atoms with E-state index in [0.29, 0.717) is 6.54 Å². The zero-order valence-corrected chi connectivity index (χ0v) is 8.48. The van der Waals surface area contributed by atoms with Gasteiger partial charge >= 0.3 is 0 Å². The topological polar surface area (TPSA) is 93.4 Å². The highest BCUT2D eigenvalue weighted by Gasteiger charge is 2.14. The van der Waals surface area contributed by atoms with Crippen molar-refractivity contribution in [2.24, 2.45) is 5.73 Å². The molecule has 0 bridgehead atoms. The molecule has 2 heterocycles. The highest BCUT2D eigenvalue weighted by Crippen LogP contribution is 2.12. The van der Waals surface area contributed by atoms with E-state index >= 15 is 0 Å². The van der Waals surface area contributed by atoms with Gasteiger partial charge < -0.3 is 5.73 Å². The minimum absolute atomic E-state index is 0.134. The first-order valence-electron chi connectivity index (χ1n) is 4.77. The zero-order chi connectivity index (χ0) is 11.4. The van der Waals surface area contributed by atoms with Gasteiger partial charge in [-0.05, 0) is 12.1 Å². The van der Waals surface area contributed by atoms with Gasteiger partial charge in [0.05, 0.1) is 5.69 Å². The first kappa shape index (κ1) is 10.3. The quantitative estimate of drug-likeness (QED) is 0.781. The molecule has 1 atom stereocenters. The highest BCUT2D eigenvalue weighted by atomic mass is 15.3. The molecule has 6 heteroatoms. The fraction of sp³-hybridized carbons (Fsp3) is 0.200. The van der Waals surface area contributed by atoms with E-state index in [2.05, 4.69) is 15.1 Å². The molecule has 2 rings (SSSR count). The van der Waals surface area contributed by atoms with Crippen LogP contribution in [0.3, 0.4) is 0 Å². The molecular weight excluding hydrogens is 204 g/mol. The Kier molecular flexibility index (Phi) is 2.89. The van der Waals surface area contributed by atoms with Crippen LogP contribution in [-0.2, 0) is 0 Å². The van der Waals surface area contributed by atoms with Gasteiger partial charge in [0, 0.05) is 12.7 Å². The summed E-state index contributed by atoms with van der Waals surface area (Å²) in [5.41, 5.74) is 6.48. The van der Waals surface area contributed by atoms with Gasteiger partial charge in [-0.1, -0.05) is 6.07 Å². The van der Waals surface area contributed by atoms with E-state index in [9.17, 15) is 0 Å². The predicted octanol–water partition coefficient (Wildman–Crippen LogP) is 0.0929. The van der Waals surface area contributed by atoms with Gasteiger partial charge in [-0.25, -0.2) is 9.67 Å². The Bertz CT molecular complexity index is 498. The summed E-state index contributed by atoms with van der Waals surface area (Å²) in [4.78, 5) is 8.05. The molecule has 2 aromatic heterocycles. The van der Waals surface area contributed by atoms with Crippen LogP contribution in [0.15, 0.2) is 30.7 Å². The normalized spacial score (nSPS) is 12.0. The predicted molar refractivity (Wildman–Crippen MR) is 56.2 cm³/mol. The smallest absolute Gasteiger partial charge is 0.252 e. The van der Waals surface area contributed by atoms with Crippen molar-refractivity contribution in [1.82, 2.24) is 19.7 Å². The molecule has 0 radical (unpaired) electrons. The maximum Gasteiger partial charge on any atom is 0.252 e. The Morgan fingerprint density at radius 3 is 2.88 bits per heavy atom. The van der Waals surface area contributed by atoms with Gasteiger partial charge in [0.2, 0.25) is 0 Å². The number of nitriles is 1. The molecule has 0 aliphatic carbocycles. The maximum atomic E-state index is 8.64. The molecule has 6 nitrogen and oxygen atoms in total. The molecule has 0 amide bonds. The summed E-state index contributed by atoms with van der Waals surface area (Å²) in [6, 6.07) is 7.27. The SMILES string of the molecule is N#Cc1ncn(C(CN)c2ccccn2)n1. The molecule has 0 spiro atoms. The third-order valence-electron chi connectivity index (χ3n) is 2.18. The Hall–Kier alpha value is -2.26. The molecule has 0 saturated heterocycles. The van der Waals surface area contributed by atoms with Crippen LogP contribution in [0.25, 0.3) is 0 Å². The van der Waals surface area contributed by atoms with Crippen molar-refractivity contribution in [3.05, 3.63) is 42.2 Å².